The van der Waals surface area contributed by atoms with E-state index in [-0.39, 0.29) is 24.1 Å². The van der Waals surface area contributed by atoms with Crippen molar-refractivity contribution in [2.75, 3.05) is 19.0 Å². The van der Waals surface area contributed by atoms with Gasteiger partial charge >= 0.3 is 0 Å². The Morgan fingerprint density at radius 3 is 2.59 bits per heavy atom. The van der Waals surface area contributed by atoms with E-state index >= 15 is 0 Å². The average Bonchev–Trinajstić information content (AvgIpc) is 3.49. The van der Waals surface area contributed by atoms with Gasteiger partial charge in [0.2, 0.25) is 17.7 Å². The van der Waals surface area contributed by atoms with Gasteiger partial charge < -0.3 is 19.9 Å². The third-order valence-electron chi connectivity index (χ3n) is 7.50. The predicted molar refractivity (Wildman–Crippen MR) is 112 cm³/mol. The van der Waals surface area contributed by atoms with Crippen molar-refractivity contribution in [3.05, 3.63) is 59.4 Å². The summed E-state index contributed by atoms with van der Waals surface area (Å²) in [6, 6.07) is 9.40. The first-order chi connectivity index (χ1) is 15.5. The molecule has 8 heteroatoms. The summed E-state index contributed by atoms with van der Waals surface area (Å²) in [5.74, 6) is -0.393. The molecule has 1 N–H and O–H groups in total. The number of nitrogens with one attached hydrogen (secondary N) is 1. The van der Waals surface area contributed by atoms with Crippen molar-refractivity contribution < 1.29 is 23.5 Å². The Morgan fingerprint density at radius 2 is 1.84 bits per heavy atom. The molecule has 4 atom stereocenters. The van der Waals surface area contributed by atoms with Gasteiger partial charge in [-0.25, -0.2) is 4.39 Å². The van der Waals surface area contributed by atoms with Crippen molar-refractivity contribution in [3.8, 4) is 5.75 Å². The molecular formula is C24H22FN3O4. The van der Waals surface area contributed by atoms with E-state index in [9.17, 15) is 18.8 Å². The summed E-state index contributed by atoms with van der Waals surface area (Å²) in [7, 11) is 1.56. The molecule has 6 rings (SSSR count). The van der Waals surface area contributed by atoms with Crippen molar-refractivity contribution in [2.45, 2.75) is 42.8 Å². The lowest BCUT2D eigenvalue weighted by atomic mass is 9.72. The first-order valence-electron chi connectivity index (χ1n) is 10.8. The van der Waals surface area contributed by atoms with E-state index in [0.717, 1.165) is 6.42 Å². The van der Waals surface area contributed by atoms with Crippen LogP contribution >= 0.6 is 0 Å². The highest BCUT2D eigenvalue weighted by atomic mass is 19.1. The lowest BCUT2D eigenvalue weighted by molar-refractivity contribution is -0.159. The standard InChI is InChI=1S/C24H22FN3O4/c1-32-15-7-4-13(5-8-15)20-24(16-11-14(25)6-9-17(16)26-23(24)31)12-19-21(29)27-10-2-3-18(27)22(30)28(19)20/h4-9,11,18-20H,2-3,10,12H2,1H3,(H,26,31)/t18-,19-,20-,24+/m0/s1. The Morgan fingerprint density at radius 1 is 1.06 bits per heavy atom. The number of methoxy groups -OCH3 is 1. The molecular weight excluding hydrogens is 413 g/mol. The van der Waals surface area contributed by atoms with Gasteiger partial charge in [0.05, 0.1) is 13.2 Å². The van der Waals surface area contributed by atoms with Gasteiger partial charge in [-0.05, 0) is 60.7 Å². The summed E-state index contributed by atoms with van der Waals surface area (Å²) in [6.45, 7) is 0.553. The van der Waals surface area contributed by atoms with Crippen LogP contribution in [0.4, 0.5) is 10.1 Å². The van der Waals surface area contributed by atoms with Crippen LogP contribution in [-0.2, 0) is 19.8 Å². The second-order valence-corrected chi connectivity index (χ2v) is 8.95. The monoisotopic (exact) mass is 435 g/mol. The van der Waals surface area contributed by atoms with Gasteiger partial charge in [0, 0.05) is 12.2 Å². The predicted octanol–water partition coefficient (Wildman–Crippen LogP) is 2.37. The van der Waals surface area contributed by atoms with Crippen LogP contribution in [0.5, 0.6) is 5.75 Å². The van der Waals surface area contributed by atoms with Crippen LogP contribution in [0.15, 0.2) is 42.5 Å². The number of halogens is 1. The Labute approximate surface area is 184 Å². The lowest BCUT2D eigenvalue weighted by Gasteiger charge is -2.42. The van der Waals surface area contributed by atoms with Crippen molar-refractivity contribution in [3.63, 3.8) is 0 Å². The zero-order valence-electron chi connectivity index (χ0n) is 17.5. The molecule has 7 nitrogen and oxygen atoms in total. The van der Waals surface area contributed by atoms with Gasteiger partial charge in [0.15, 0.2) is 0 Å². The minimum atomic E-state index is -1.25. The third-order valence-corrected chi connectivity index (χ3v) is 7.50. The van der Waals surface area contributed by atoms with E-state index in [0.29, 0.717) is 35.5 Å². The number of nitrogens with zero attached hydrogens (tertiary/aromatic N) is 2. The number of amides is 3. The maximum Gasteiger partial charge on any atom is 0.246 e. The molecule has 164 valence electrons. The molecule has 0 unspecified atom stereocenters. The second kappa shape index (κ2) is 6.54. The maximum atomic E-state index is 14.4. The summed E-state index contributed by atoms with van der Waals surface area (Å²) in [4.78, 5) is 43.9. The van der Waals surface area contributed by atoms with Crippen LogP contribution in [0, 0.1) is 5.82 Å². The van der Waals surface area contributed by atoms with Crippen LogP contribution in [0.1, 0.15) is 36.4 Å². The molecule has 2 aromatic carbocycles. The van der Waals surface area contributed by atoms with Gasteiger partial charge in [0.25, 0.3) is 0 Å². The number of anilines is 1. The summed E-state index contributed by atoms with van der Waals surface area (Å²) in [6.07, 6.45) is 1.53. The van der Waals surface area contributed by atoms with Crippen molar-refractivity contribution in [1.29, 1.82) is 0 Å². The number of benzene rings is 2. The largest absolute Gasteiger partial charge is 0.497 e. The lowest BCUT2D eigenvalue weighted by Crippen LogP contribution is -2.61. The number of rotatable bonds is 2. The van der Waals surface area contributed by atoms with Crippen LogP contribution in [-0.4, -0.2) is 53.3 Å². The minimum Gasteiger partial charge on any atom is -0.497 e. The molecule has 0 bridgehead atoms. The van der Waals surface area contributed by atoms with Crippen molar-refractivity contribution >= 4 is 23.4 Å². The van der Waals surface area contributed by atoms with E-state index in [1.165, 1.54) is 12.1 Å². The fraction of sp³-hybridized carbons (Fsp3) is 0.375. The summed E-state index contributed by atoms with van der Waals surface area (Å²) in [5, 5.41) is 2.88. The van der Waals surface area contributed by atoms with Crippen molar-refractivity contribution in [2.24, 2.45) is 0 Å². The first kappa shape index (κ1) is 19.3. The van der Waals surface area contributed by atoms with Gasteiger partial charge in [0.1, 0.15) is 29.1 Å². The van der Waals surface area contributed by atoms with E-state index < -0.39 is 29.4 Å². The summed E-state index contributed by atoms with van der Waals surface area (Å²) < 4.78 is 19.6. The van der Waals surface area contributed by atoms with Crippen LogP contribution in [0.2, 0.25) is 0 Å². The quantitative estimate of drug-likeness (QED) is 0.786. The molecule has 0 aliphatic carbocycles. The smallest absolute Gasteiger partial charge is 0.246 e. The molecule has 2 aromatic rings. The zero-order chi connectivity index (χ0) is 22.2. The topological polar surface area (TPSA) is 79.0 Å². The third kappa shape index (κ3) is 2.32. The fourth-order valence-electron chi connectivity index (χ4n) is 6.13. The molecule has 1 spiro atoms. The summed E-state index contributed by atoms with van der Waals surface area (Å²) in [5.41, 5.74) is 0.490. The maximum absolute atomic E-state index is 14.4. The Balaban J connectivity index is 1.58. The molecule has 0 aromatic heterocycles. The van der Waals surface area contributed by atoms with Gasteiger partial charge in [-0.2, -0.15) is 0 Å². The number of carbonyl (C=O) groups excluding carboxylic acids is 3. The number of fused-ring (bicyclic) bond motifs is 4. The second-order valence-electron chi connectivity index (χ2n) is 8.95. The van der Waals surface area contributed by atoms with Gasteiger partial charge in [-0.3, -0.25) is 14.4 Å². The van der Waals surface area contributed by atoms with Crippen LogP contribution in [0.25, 0.3) is 0 Å². The molecule has 0 radical (unpaired) electrons. The Kier molecular flexibility index (Phi) is 3.94. The fourth-order valence-corrected chi connectivity index (χ4v) is 6.13. The molecule has 32 heavy (non-hydrogen) atoms. The van der Waals surface area contributed by atoms with E-state index in [2.05, 4.69) is 5.32 Å². The molecule has 4 heterocycles. The molecule has 3 saturated heterocycles. The highest BCUT2D eigenvalue weighted by Crippen LogP contribution is 2.58. The normalized spacial score (nSPS) is 30.4. The van der Waals surface area contributed by atoms with E-state index in [1.807, 2.05) is 12.1 Å². The average molecular weight is 435 g/mol. The van der Waals surface area contributed by atoms with Gasteiger partial charge in [-0.1, -0.05) is 12.1 Å². The molecule has 4 aliphatic heterocycles. The summed E-state index contributed by atoms with van der Waals surface area (Å²) >= 11 is 0. The number of piperazine rings is 1. The number of ether oxygens (including phenoxy) is 1. The van der Waals surface area contributed by atoms with Crippen molar-refractivity contribution in [1.82, 2.24) is 9.80 Å². The molecule has 0 saturated carbocycles. The number of carbonyl (C=O) groups is 3. The van der Waals surface area contributed by atoms with E-state index in [1.54, 1.807) is 35.1 Å². The minimum absolute atomic E-state index is 0.125. The molecule has 4 aliphatic rings. The molecule has 3 fully saturated rings. The highest BCUT2D eigenvalue weighted by Gasteiger charge is 2.67. The zero-order valence-corrected chi connectivity index (χ0v) is 17.5. The van der Waals surface area contributed by atoms with E-state index in [4.69, 9.17) is 4.74 Å². The SMILES string of the molecule is COc1ccc([C@@H]2N3C(=O)[C@@H]4CCCN4C(=O)[C@@H]3C[C@]23C(=O)Nc2ccc(F)cc23)cc1. The number of hydrogen-bond donors (Lipinski definition) is 1. The van der Waals surface area contributed by atoms with Crippen LogP contribution < -0.4 is 10.1 Å². The first-order valence-corrected chi connectivity index (χ1v) is 10.8. The molecule has 3 amide bonds. The Bertz CT molecular complexity index is 1170. The van der Waals surface area contributed by atoms with Gasteiger partial charge in [-0.15, -0.1) is 0 Å². The number of hydrogen-bond acceptors (Lipinski definition) is 4. The highest BCUT2D eigenvalue weighted by molar-refractivity contribution is 6.10. The van der Waals surface area contributed by atoms with Crippen LogP contribution in [0.3, 0.4) is 0 Å². The Hall–Kier alpha value is -3.42.